The fraction of sp³-hybridized carbons (Fsp3) is 0.600. The minimum Gasteiger partial charge on any atom is -0.379 e. The van der Waals surface area contributed by atoms with E-state index >= 15 is 0 Å². The molecule has 86 valence electrons. The van der Waals surface area contributed by atoms with Gasteiger partial charge < -0.3 is 14.6 Å². The summed E-state index contributed by atoms with van der Waals surface area (Å²) in [6.45, 7) is 3.16. The van der Waals surface area contributed by atoms with Crippen molar-refractivity contribution in [2.24, 2.45) is 5.92 Å². The zero-order chi connectivity index (χ0) is 11.2. The third-order valence-corrected chi connectivity index (χ3v) is 3.14. The Morgan fingerprint density at radius 1 is 1.69 bits per heavy atom. The summed E-state index contributed by atoms with van der Waals surface area (Å²) in [5.41, 5.74) is 0.612. The summed E-state index contributed by atoms with van der Waals surface area (Å²) in [6, 6.07) is 1.41. The molecule has 1 aliphatic carbocycles. The first-order chi connectivity index (χ1) is 7.68. The van der Waals surface area contributed by atoms with E-state index in [-0.39, 0.29) is 11.6 Å². The van der Waals surface area contributed by atoms with Gasteiger partial charge in [-0.1, -0.05) is 5.16 Å². The number of nitrogens with zero attached hydrogens (tertiary/aromatic N) is 1. The molecular weight excluding hydrogens is 210 g/mol. The van der Waals surface area contributed by atoms with Crippen LogP contribution in [0.2, 0.25) is 0 Å². The standard InChI is InChI=1S/C10H13N3O3/c1-6-2-8(16-13-6)11-9(14)12-10-3-7(10)4-15-5-10/h2,7H,3-5H2,1H3,(H2,11,12,14)/t7-,10-/m0/s1. The second kappa shape index (κ2) is 3.21. The van der Waals surface area contributed by atoms with Crippen molar-refractivity contribution in [3.8, 4) is 0 Å². The SMILES string of the molecule is Cc1cc(NC(=O)N[C@@]23COC[C@@H]2C3)on1. The Bertz CT molecular complexity index is 431. The van der Waals surface area contributed by atoms with Crippen LogP contribution in [-0.2, 0) is 4.74 Å². The number of urea groups is 1. The van der Waals surface area contributed by atoms with Gasteiger partial charge >= 0.3 is 6.03 Å². The van der Waals surface area contributed by atoms with Crippen LogP contribution in [0.25, 0.3) is 0 Å². The topological polar surface area (TPSA) is 76.4 Å². The number of hydrogen-bond donors (Lipinski definition) is 2. The lowest BCUT2D eigenvalue weighted by molar-refractivity contribution is 0.155. The number of aryl methyl sites for hydroxylation is 1. The van der Waals surface area contributed by atoms with E-state index in [1.807, 2.05) is 0 Å². The predicted octanol–water partition coefficient (Wildman–Crippen LogP) is 0.893. The molecule has 0 unspecified atom stereocenters. The maximum absolute atomic E-state index is 11.6. The van der Waals surface area contributed by atoms with Crippen LogP contribution in [0, 0.1) is 12.8 Å². The van der Waals surface area contributed by atoms with E-state index in [9.17, 15) is 4.79 Å². The Morgan fingerprint density at radius 3 is 3.12 bits per heavy atom. The zero-order valence-corrected chi connectivity index (χ0v) is 8.95. The van der Waals surface area contributed by atoms with Gasteiger partial charge in [0.05, 0.1) is 24.4 Å². The number of ether oxygens (including phenoxy) is 1. The Morgan fingerprint density at radius 2 is 2.56 bits per heavy atom. The number of nitrogens with one attached hydrogen (secondary N) is 2. The molecule has 0 spiro atoms. The van der Waals surface area contributed by atoms with Crippen molar-refractivity contribution >= 4 is 11.9 Å². The predicted molar refractivity (Wildman–Crippen MR) is 55.1 cm³/mol. The number of amides is 2. The Kier molecular flexibility index (Phi) is 1.94. The maximum atomic E-state index is 11.6. The highest BCUT2D eigenvalue weighted by Crippen LogP contribution is 2.48. The summed E-state index contributed by atoms with van der Waals surface area (Å²) >= 11 is 0. The van der Waals surface area contributed by atoms with Crippen molar-refractivity contribution in [1.29, 1.82) is 0 Å². The average Bonchev–Trinajstić information content (AvgIpc) is 2.58. The van der Waals surface area contributed by atoms with Crippen LogP contribution in [0.5, 0.6) is 0 Å². The molecule has 2 heterocycles. The van der Waals surface area contributed by atoms with E-state index in [1.54, 1.807) is 13.0 Å². The summed E-state index contributed by atoms with van der Waals surface area (Å²) in [6.07, 6.45) is 1.01. The van der Waals surface area contributed by atoms with Gasteiger partial charge in [-0.15, -0.1) is 0 Å². The molecule has 1 aromatic rings. The van der Waals surface area contributed by atoms with Crippen molar-refractivity contribution < 1.29 is 14.1 Å². The summed E-state index contributed by atoms with van der Waals surface area (Å²) in [7, 11) is 0. The Labute approximate surface area is 92.3 Å². The number of anilines is 1. The maximum Gasteiger partial charge on any atom is 0.322 e. The van der Waals surface area contributed by atoms with Gasteiger partial charge in [-0.3, -0.25) is 5.32 Å². The molecule has 1 saturated carbocycles. The zero-order valence-electron chi connectivity index (χ0n) is 8.95. The molecule has 2 atom stereocenters. The van der Waals surface area contributed by atoms with E-state index in [1.165, 1.54) is 0 Å². The van der Waals surface area contributed by atoms with E-state index in [2.05, 4.69) is 15.8 Å². The number of aromatic nitrogens is 1. The number of hydrogen-bond acceptors (Lipinski definition) is 4. The van der Waals surface area contributed by atoms with Crippen molar-refractivity contribution in [3.63, 3.8) is 0 Å². The first-order valence-corrected chi connectivity index (χ1v) is 5.28. The van der Waals surface area contributed by atoms with Crippen molar-refractivity contribution in [2.75, 3.05) is 18.5 Å². The van der Waals surface area contributed by atoms with Crippen molar-refractivity contribution in [2.45, 2.75) is 18.9 Å². The van der Waals surface area contributed by atoms with E-state index < -0.39 is 0 Å². The summed E-state index contributed by atoms with van der Waals surface area (Å²) in [5, 5.41) is 9.22. The first kappa shape index (κ1) is 9.65. The van der Waals surface area contributed by atoms with Crippen LogP contribution in [0.1, 0.15) is 12.1 Å². The highest BCUT2D eigenvalue weighted by atomic mass is 16.5. The third kappa shape index (κ3) is 1.55. The molecule has 2 N–H and O–H groups in total. The quantitative estimate of drug-likeness (QED) is 0.780. The van der Waals surface area contributed by atoms with Gasteiger partial charge in [-0.2, -0.15) is 0 Å². The molecule has 0 aromatic carbocycles. The minimum atomic E-state index is -0.260. The molecule has 1 aromatic heterocycles. The summed E-state index contributed by atoms with van der Waals surface area (Å²) in [4.78, 5) is 11.6. The van der Waals surface area contributed by atoms with Gasteiger partial charge in [0.2, 0.25) is 5.88 Å². The monoisotopic (exact) mass is 223 g/mol. The van der Waals surface area contributed by atoms with Gasteiger partial charge in [-0.05, 0) is 13.3 Å². The molecule has 6 heteroatoms. The van der Waals surface area contributed by atoms with E-state index in [4.69, 9.17) is 9.26 Å². The molecule has 0 bridgehead atoms. The van der Waals surface area contributed by atoms with Crippen LogP contribution in [0.3, 0.4) is 0 Å². The minimum absolute atomic E-state index is 0.126. The fourth-order valence-electron chi connectivity index (χ4n) is 2.14. The van der Waals surface area contributed by atoms with E-state index in [0.29, 0.717) is 18.4 Å². The Balaban J connectivity index is 1.58. The van der Waals surface area contributed by atoms with Crippen LogP contribution in [-0.4, -0.2) is 29.9 Å². The Hall–Kier alpha value is -1.56. The van der Waals surface area contributed by atoms with Gasteiger partial charge in [0.15, 0.2) is 0 Å². The molecule has 2 amide bonds. The highest BCUT2D eigenvalue weighted by Gasteiger charge is 2.59. The second-order valence-electron chi connectivity index (χ2n) is 4.48. The number of carbonyl (C=O) groups is 1. The first-order valence-electron chi connectivity index (χ1n) is 5.28. The third-order valence-electron chi connectivity index (χ3n) is 3.14. The van der Waals surface area contributed by atoms with Crippen molar-refractivity contribution in [1.82, 2.24) is 10.5 Å². The lowest BCUT2D eigenvalue weighted by Gasteiger charge is -2.13. The van der Waals surface area contributed by atoms with Crippen LogP contribution < -0.4 is 10.6 Å². The normalized spacial score (nSPS) is 30.9. The molecule has 2 fully saturated rings. The molecule has 1 saturated heterocycles. The molecule has 0 radical (unpaired) electrons. The molecule has 16 heavy (non-hydrogen) atoms. The van der Waals surface area contributed by atoms with Crippen LogP contribution >= 0.6 is 0 Å². The lowest BCUT2D eigenvalue weighted by atomic mass is 10.2. The van der Waals surface area contributed by atoms with Gasteiger partial charge in [0.25, 0.3) is 0 Å². The number of fused-ring (bicyclic) bond motifs is 1. The number of rotatable bonds is 2. The van der Waals surface area contributed by atoms with Gasteiger partial charge in [0.1, 0.15) is 0 Å². The molecule has 1 aliphatic heterocycles. The summed E-state index contributed by atoms with van der Waals surface area (Å²) < 4.78 is 10.2. The second-order valence-corrected chi connectivity index (χ2v) is 4.48. The molecule has 2 aliphatic rings. The molecule has 6 nitrogen and oxygen atoms in total. The summed E-state index contributed by atoms with van der Waals surface area (Å²) in [5.74, 6) is 0.845. The lowest BCUT2D eigenvalue weighted by Crippen LogP contribution is -2.42. The van der Waals surface area contributed by atoms with Gasteiger partial charge in [0, 0.05) is 12.0 Å². The van der Waals surface area contributed by atoms with Gasteiger partial charge in [-0.25, -0.2) is 4.79 Å². The fourth-order valence-corrected chi connectivity index (χ4v) is 2.14. The molecular formula is C10H13N3O3. The van der Waals surface area contributed by atoms with Crippen LogP contribution in [0.15, 0.2) is 10.6 Å². The van der Waals surface area contributed by atoms with Crippen molar-refractivity contribution in [3.05, 3.63) is 11.8 Å². The average molecular weight is 223 g/mol. The number of carbonyl (C=O) groups excluding carboxylic acids is 1. The largest absolute Gasteiger partial charge is 0.379 e. The smallest absolute Gasteiger partial charge is 0.322 e. The molecule has 3 rings (SSSR count). The van der Waals surface area contributed by atoms with Crippen LogP contribution in [0.4, 0.5) is 10.7 Å². The van der Waals surface area contributed by atoms with E-state index in [0.717, 1.165) is 18.7 Å². The highest BCUT2D eigenvalue weighted by molar-refractivity contribution is 5.88.